The third-order valence-electron chi connectivity index (χ3n) is 4.33. The number of carbonyl (C=O) groups is 1. The number of rotatable bonds is 5. The number of hydrogen-bond acceptors (Lipinski definition) is 4. The first-order chi connectivity index (χ1) is 13.1. The number of aromatic amines is 1. The lowest BCUT2D eigenvalue weighted by atomic mass is 10.1. The van der Waals surface area contributed by atoms with Crippen molar-refractivity contribution in [1.29, 1.82) is 0 Å². The summed E-state index contributed by atoms with van der Waals surface area (Å²) in [4.78, 5) is 15.5. The van der Waals surface area contributed by atoms with E-state index in [9.17, 15) is 4.79 Å². The number of para-hydroxylation sites is 1. The maximum absolute atomic E-state index is 12.2. The zero-order valence-corrected chi connectivity index (χ0v) is 15.9. The quantitative estimate of drug-likeness (QED) is 0.516. The second-order valence-corrected chi connectivity index (χ2v) is 7.26. The second kappa shape index (κ2) is 7.28. The Morgan fingerprint density at radius 1 is 1.15 bits per heavy atom. The fourth-order valence-corrected chi connectivity index (χ4v) is 3.61. The number of fused-ring (bicyclic) bond motifs is 1. The van der Waals surface area contributed by atoms with Crippen LogP contribution in [0.25, 0.3) is 22.3 Å². The number of amides is 1. The first-order valence-electron chi connectivity index (χ1n) is 8.57. The highest BCUT2D eigenvalue weighted by Crippen LogP contribution is 2.29. The van der Waals surface area contributed by atoms with Crippen LogP contribution >= 0.6 is 11.8 Å². The smallest absolute Gasteiger partial charge is 0.234 e. The molecule has 2 aromatic heterocycles. The van der Waals surface area contributed by atoms with E-state index in [0.29, 0.717) is 5.16 Å². The number of benzene rings is 2. The molecule has 2 heterocycles. The van der Waals surface area contributed by atoms with E-state index in [2.05, 4.69) is 26.6 Å². The summed E-state index contributed by atoms with van der Waals surface area (Å²) in [7, 11) is 1.91. The summed E-state index contributed by atoms with van der Waals surface area (Å²) >= 11 is 1.37. The average molecular weight is 377 g/mol. The van der Waals surface area contributed by atoms with Gasteiger partial charge in [0.15, 0.2) is 11.0 Å². The fourth-order valence-electron chi connectivity index (χ4n) is 2.90. The normalized spacial score (nSPS) is 11.0. The van der Waals surface area contributed by atoms with Gasteiger partial charge in [0.1, 0.15) is 0 Å². The molecule has 136 valence electrons. The summed E-state index contributed by atoms with van der Waals surface area (Å²) in [6.45, 7) is 2.01. The van der Waals surface area contributed by atoms with Gasteiger partial charge >= 0.3 is 0 Å². The Hall–Kier alpha value is -3.06. The first-order valence-corrected chi connectivity index (χ1v) is 9.55. The van der Waals surface area contributed by atoms with Crippen molar-refractivity contribution in [3.8, 4) is 11.4 Å². The number of thioether (sulfide) groups is 1. The highest BCUT2D eigenvalue weighted by Gasteiger charge is 2.15. The van der Waals surface area contributed by atoms with Crippen LogP contribution in [0.4, 0.5) is 5.69 Å². The van der Waals surface area contributed by atoms with Crippen molar-refractivity contribution < 1.29 is 4.79 Å². The fraction of sp³-hybridized carbons (Fsp3) is 0.150. The SMILES string of the molecule is Cc1ccc(NC(=O)CSc2nnc(-c3c[nH]c4ccccc34)n2C)cc1. The first kappa shape index (κ1) is 17.4. The van der Waals surface area contributed by atoms with Crippen molar-refractivity contribution in [1.82, 2.24) is 19.7 Å². The van der Waals surface area contributed by atoms with Crippen LogP contribution in [-0.2, 0) is 11.8 Å². The van der Waals surface area contributed by atoms with Crippen LogP contribution < -0.4 is 5.32 Å². The molecule has 0 aliphatic heterocycles. The van der Waals surface area contributed by atoms with Gasteiger partial charge in [-0.1, -0.05) is 47.7 Å². The van der Waals surface area contributed by atoms with E-state index in [4.69, 9.17) is 0 Å². The molecule has 2 N–H and O–H groups in total. The number of anilines is 1. The Bertz CT molecular complexity index is 1100. The van der Waals surface area contributed by atoms with Crippen LogP contribution in [0.3, 0.4) is 0 Å². The van der Waals surface area contributed by atoms with E-state index in [1.807, 2.05) is 67.2 Å². The topological polar surface area (TPSA) is 75.6 Å². The van der Waals surface area contributed by atoms with Crippen molar-refractivity contribution in [3.05, 3.63) is 60.3 Å². The minimum atomic E-state index is -0.0690. The number of hydrogen-bond donors (Lipinski definition) is 2. The second-order valence-electron chi connectivity index (χ2n) is 6.32. The molecule has 7 heteroatoms. The number of H-pyrrole nitrogens is 1. The van der Waals surface area contributed by atoms with Gasteiger partial charge in [-0.05, 0) is 25.1 Å². The number of nitrogens with zero attached hydrogens (tertiary/aromatic N) is 3. The molecule has 6 nitrogen and oxygen atoms in total. The molecule has 0 unspecified atom stereocenters. The lowest BCUT2D eigenvalue weighted by Gasteiger charge is -2.06. The van der Waals surface area contributed by atoms with Gasteiger partial charge in [-0.2, -0.15) is 0 Å². The Morgan fingerprint density at radius 2 is 1.93 bits per heavy atom. The van der Waals surface area contributed by atoms with Crippen molar-refractivity contribution in [2.75, 3.05) is 11.1 Å². The summed E-state index contributed by atoms with van der Waals surface area (Å²) in [6.07, 6.45) is 1.94. The van der Waals surface area contributed by atoms with Crippen molar-refractivity contribution in [2.45, 2.75) is 12.1 Å². The molecular weight excluding hydrogens is 358 g/mol. The third-order valence-corrected chi connectivity index (χ3v) is 5.35. The van der Waals surface area contributed by atoms with Gasteiger partial charge in [-0.3, -0.25) is 4.79 Å². The summed E-state index contributed by atoms with van der Waals surface area (Å²) in [6, 6.07) is 15.8. The molecule has 4 aromatic rings. The van der Waals surface area contributed by atoms with Crippen LogP contribution in [0, 0.1) is 6.92 Å². The van der Waals surface area contributed by atoms with Crippen LogP contribution in [0.15, 0.2) is 59.9 Å². The number of aromatic nitrogens is 4. The minimum absolute atomic E-state index is 0.0690. The zero-order valence-electron chi connectivity index (χ0n) is 15.1. The van der Waals surface area contributed by atoms with E-state index >= 15 is 0 Å². The van der Waals surface area contributed by atoms with Gasteiger partial charge in [-0.15, -0.1) is 10.2 Å². The molecule has 1 amide bonds. The molecule has 0 saturated carbocycles. The highest BCUT2D eigenvalue weighted by atomic mass is 32.2. The Balaban J connectivity index is 1.46. The third kappa shape index (κ3) is 3.59. The molecular formula is C20H19N5OS. The molecule has 2 aromatic carbocycles. The number of aryl methyl sites for hydroxylation is 1. The van der Waals surface area contributed by atoms with E-state index in [0.717, 1.165) is 33.5 Å². The molecule has 0 bridgehead atoms. The minimum Gasteiger partial charge on any atom is -0.360 e. The van der Waals surface area contributed by atoms with Crippen LogP contribution in [-0.4, -0.2) is 31.4 Å². The highest BCUT2D eigenvalue weighted by molar-refractivity contribution is 7.99. The Morgan fingerprint density at radius 3 is 2.74 bits per heavy atom. The average Bonchev–Trinajstić information content (AvgIpc) is 3.25. The largest absolute Gasteiger partial charge is 0.360 e. The van der Waals surface area contributed by atoms with Crippen LogP contribution in [0.2, 0.25) is 0 Å². The van der Waals surface area contributed by atoms with E-state index in [-0.39, 0.29) is 11.7 Å². The van der Waals surface area contributed by atoms with Gasteiger partial charge in [-0.25, -0.2) is 0 Å². The summed E-state index contributed by atoms with van der Waals surface area (Å²) in [5, 5.41) is 13.3. The van der Waals surface area contributed by atoms with E-state index in [1.54, 1.807) is 0 Å². The van der Waals surface area contributed by atoms with Crippen LogP contribution in [0.1, 0.15) is 5.56 Å². The molecule has 0 atom stereocenters. The Kier molecular flexibility index (Phi) is 4.68. The van der Waals surface area contributed by atoms with Crippen LogP contribution in [0.5, 0.6) is 0 Å². The van der Waals surface area contributed by atoms with Gasteiger partial charge in [0.05, 0.1) is 5.75 Å². The zero-order chi connectivity index (χ0) is 18.8. The number of nitrogens with one attached hydrogen (secondary N) is 2. The maximum Gasteiger partial charge on any atom is 0.234 e. The standard InChI is InChI=1S/C20H19N5OS/c1-13-7-9-14(10-8-13)22-18(26)12-27-20-24-23-19(25(20)2)16-11-21-17-6-4-3-5-15(16)17/h3-11,21H,12H2,1-2H3,(H,22,26). The molecule has 4 rings (SSSR count). The van der Waals surface area contributed by atoms with Gasteiger partial charge in [0.25, 0.3) is 0 Å². The molecule has 0 aliphatic carbocycles. The molecule has 0 spiro atoms. The molecule has 0 aliphatic rings. The van der Waals surface area contributed by atoms with Crippen molar-refractivity contribution >= 4 is 34.3 Å². The molecule has 0 radical (unpaired) electrons. The van der Waals surface area contributed by atoms with Crippen molar-refractivity contribution in [3.63, 3.8) is 0 Å². The summed E-state index contributed by atoms with van der Waals surface area (Å²) < 4.78 is 1.92. The predicted molar refractivity (Wildman–Crippen MR) is 109 cm³/mol. The lowest BCUT2D eigenvalue weighted by molar-refractivity contribution is -0.113. The van der Waals surface area contributed by atoms with Gasteiger partial charge < -0.3 is 14.9 Å². The maximum atomic E-state index is 12.2. The predicted octanol–water partition coefficient (Wildman–Crippen LogP) is 4.00. The molecule has 0 fully saturated rings. The molecule has 27 heavy (non-hydrogen) atoms. The lowest BCUT2D eigenvalue weighted by Crippen LogP contribution is -2.14. The van der Waals surface area contributed by atoms with Gasteiger partial charge in [0.2, 0.25) is 5.91 Å². The van der Waals surface area contributed by atoms with Gasteiger partial charge in [0, 0.05) is 35.4 Å². The monoisotopic (exact) mass is 377 g/mol. The number of carbonyl (C=O) groups excluding carboxylic acids is 1. The summed E-state index contributed by atoms with van der Waals surface area (Å²) in [5.41, 5.74) is 4.01. The van der Waals surface area contributed by atoms with E-state index < -0.39 is 0 Å². The Labute approximate surface area is 161 Å². The molecule has 0 saturated heterocycles. The summed E-state index contributed by atoms with van der Waals surface area (Å²) in [5.74, 6) is 0.975. The van der Waals surface area contributed by atoms with E-state index in [1.165, 1.54) is 11.8 Å². The van der Waals surface area contributed by atoms with Crippen molar-refractivity contribution in [2.24, 2.45) is 7.05 Å².